The summed E-state index contributed by atoms with van der Waals surface area (Å²) in [6.07, 6.45) is 3.39. The van der Waals surface area contributed by atoms with E-state index in [2.05, 4.69) is 10.6 Å². The molecule has 0 aliphatic carbocycles. The van der Waals surface area contributed by atoms with Gasteiger partial charge < -0.3 is 20.1 Å². The molecule has 0 aromatic carbocycles. The largest absolute Gasteiger partial charge is 0.379 e. The summed E-state index contributed by atoms with van der Waals surface area (Å²) in [5.74, 6) is 0.117. The summed E-state index contributed by atoms with van der Waals surface area (Å²) < 4.78 is 11.0. The fourth-order valence-corrected chi connectivity index (χ4v) is 1.95. The van der Waals surface area contributed by atoms with Gasteiger partial charge in [0, 0.05) is 32.2 Å². The molecule has 5 nitrogen and oxygen atoms in total. The number of hydrogen-bond donors (Lipinski definition) is 2. The van der Waals surface area contributed by atoms with Crippen LogP contribution >= 0.6 is 12.4 Å². The Labute approximate surface area is 122 Å². The molecule has 2 atom stereocenters. The number of halogens is 1. The topological polar surface area (TPSA) is 59.6 Å². The van der Waals surface area contributed by atoms with Gasteiger partial charge in [0.1, 0.15) is 0 Å². The molecule has 1 rings (SSSR count). The number of carbonyl (C=O) groups excluding carboxylic acids is 1. The van der Waals surface area contributed by atoms with Crippen molar-refractivity contribution in [3.63, 3.8) is 0 Å². The number of nitrogens with one attached hydrogen (secondary N) is 2. The van der Waals surface area contributed by atoms with Gasteiger partial charge in [-0.1, -0.05) is 6.92 Å². The standard InChI is InChI=1S/C13H26N2O3.ClH/c1-11(9-14-2)13(16)15-6-4-7-17-10-12-5-3-8-18-12;/h11-12,14H,3-10H2,1-2H3,(H,15,16);1H. The van der Waals surface area contributed by atoms with Crippen molar-refractivity contribution in [2.24, 2.45) is 5.92 Å². The second kappa shape index (κ2) is 11.5. The fourth-order valence-electron chi connectivity index (χ4n) is 1.95. The summed E-state index contributed by atoms with van der Waals surface area (Å²) in [5.41, 5.74) is 0. The predicted molar refractivity (Wildman–Crippen MR) is 77.8 cm³/mol. The Morgan fingerprint density at radius 2 is 2.32 bits per heavy atom. The summed E-state index contributed by atoms with van der Waals surface area (Å²) in [7, 11) is 1.85. The molecule has 2 unspecified atom stereocenters. The zero-order valence-corrected chi connectivity index (χ0v) is 12.8. The van der Waals surface area contributed by atoms with Gasteiger partial charge >= 0.3 is 0 Å². The molecule has 1 aliphatic heterocycles. The highest BCUT2D eigenvalue weighted by Crippen LogP contribution is 2.11. The minimum absolute atomic E-state index is 0. The zero-order valence-electron chi connectivity index (χ0n) is 11.9. The monoisotopic (exact) mass is 294 g/mol. The Balaban J connectivity index is 0.00000324. The van der Waals surface area contributed by atoms with Gasteiger partial charge in [-0.15, -0.1) is 12.4 Å². The van der Waals surface area contributed by atoms with Crippen LogP contribution in [0.1, 0.15) is 26.2 Å². The van der Waals surface area contributed by atoms with E-state index < -0.39 is 0 Å². The molecule has 1 heterocycles. The summed E-state index contributed by atoms with van der Waals surface area (Å²) in [5, 5.41) is 5.90. The average molecular weight is 295 g/mol. The Morgan fingerprint density at radius 1 is 1.53 bits per heavy atom. The number of ether oxygens (including phenoxy) is 2. The third-order valence-corrected chi connectivity index (χ3v) is 3.05. The van der Waals surface area contributed by atoms with Gasteiger partial charge in [-0.2, -0.15) is 0 Å². The lowest BCUT2D eigenvalue weighted by molar-refractivity contribution is -0.124. The molecule has 6 heteroatoms. The molecule has 1 aliphatic rings. The quantitative estimate of drug-likeness (QED) is 0.622. The molecule has 0 spiro atoms. The molecule has 0 saturated carbocycles. The first kappa shape index (κ1) is 18.6. The molecular formula is C13H27ClN2O3. The Kier molecular flexibility index (Phi) is 11.2. The van der Waals surface area contributed by atoms with Gasteiger partial charge in [0.15, 0.2) is 0 Å². The van der Waals surface area contributed by atoms with Gasteiger partial charge in [0.25, 0.3) is 0 Å². The van der Waals surface area contributed by atoms with Crippen molar-refractivity contribution in [3.05, 3.63) is 0 Å². The van der Waals surface area contributed by atoms with Crippen molar-refractivity contribution in [1.82, 2.24) is 10.6 Å². The van der Waals surface area contributed by atoms with Gasteiger partial charge in [-0.25, -0.2) is 0 Å². The van der Waals surface area contributed by atoms with E-state index in [1.807, 2.05) is 14.0 Å². The summed E-state index contributed by atoms with van der Waals surface area (Å²) in [6, 6.07) is 0. The third kappa shape index (κ3) is 8.42. The highest BCUT2D eigenvalue weighted by atomic mass is 35.5. The molecule has 0 radical (unpaired) electrons. The van der Waals surface area contributed by atoms with Crippen LogP contribution in [0, 0.1) is 5.92 Å². The molecule has 19 heavy (non-hydrogen) atoms. The molecule has 0 aromatic heterocycles. The van der Waals surface area contributed by atoms with Gasteiger partial charge in [-0.3, -0.25) is 4.79 Å². The summed E-state index contributed by atoms with van der Waals surface area (Å²) >= 11 is 0. The third-order valence-electron chi connectivity index (χ3n) is 3.05. The van der Waals surface area contributed by atoms with Crippen LogP contribution in [0.3, 0.4) is 0 Å². The average Bonchev–Trinajstić information content (AvgIpc) is 2.86. The van der Waals surface area contributed by atoms with Crippen molar-refractivity contribution in [2.75, 3.05) is 40.0 Å². The number of amides is 1. The van der Waals surface area contributed by atoms with E-state index in [0.717, 1.165) is 25.9 Å². The van der Waals surface area contributed by atoms with E-state index in [9.17, 15) is 4.79 Å². The smallest absolute Gasteiger partial charge is 0.224 e. The van der Waals surface area contributed by atoms with Gasteiger partial charge in [0.05, 0.1) is 12.7 Å². The molecular weight excluding hydrogens is 268 g/mol. The minimum atomic E-state index is 0. The second-order valence-corrected chi connectivity index (χ2v) is 4.81. The van der Waals surface area contributed by atoms with Crippen LogP contribution in [0.2, 0.25) is 0 Å². The number of hydrogen-bond acceptors (Lipinski definition) is 4. The highest BCUT2D eigenvalue weighted by Gasteiger charge is 2.15. The van der Waals surface area contributed by atoms with E-state index in [1.54, 1.807) is 0 Å². The zero-order chi connectivity index (χ0) is 13.2. The first-order chi connectivity index (χ1) is 8.74. The van der Waals surface area contributed by atoms with Crippen LogP contribution in [-0.2, 0) is 14.3 Å². The van der Waals surface area contributed by atoms with Crippen LogP contribution in [0.5, 0.6) is 0 Å². The lowest BCUT2D eigenvalue weighted by Gasteiger charge is -2.12. The molecule has 0 aromatic rings. The summed E-state index contributed by atoms with van der Waals surface area (Å²) in [4.78, 5) is 11.6. The molecule has 1 saturated heterocycles. The molecule has 1 fully saturated rings. The van der Waals surface area contributed by atoms with E-state index in [4.69, 9.17) is 9.47 Å². The van der Waals surface area contributed by atoms with Crippen LogP contribution in [0.15, 0.2) is 0 Å². The van der Waals surface area contributed by atoms with Crippen molar-refractivity contribution in [1.29, 1.82) is 0 Å². The lowest BCUT2D eigenvalue weighted by atomic mass is 10.1. The first-order valence-electron chi connectivity index (χ1n) is 6.85. The van der Waals surface area contributed by atoms with Crippen LogP contribution in [-0.4, -0.2) is 52.0 Å². The molecule has 1 amide bonds. The maximum atomic E-state index is 11.6. The van der Waals surface area contributed by atoms with E-state index in [-0.39, 0.29) is 30.3 Å². The van der Waals surface area contributed by atoms with E-state index in [1.165, 1.54) is 0 Å². The second-order valence-electron chi connectivity index (χ2n) is 4.81. The van der Waals surface area contributed by atoms with Crippen LogP contribution < -0.4 is 10.6 Å². The Morgan fingerprint density at radius 3 is 2.95 bits per heavy atom. The van der Waals surface area contributed by atoms with Crippen molar-refractivity contribution in [3.8, 4) is 0 Å². The fraction of sp³-hybridized carbons (Fsp3) is 0.923. The van der Waals surface area contributed by atoms with Crippen molar-refractivity contribution < 1.29 is 14.3 Å². The first-order valence-corrected chi connectivity index (χ1v) is 6.85. The maximum Gasteiger partial charge on any atom is 0.224 e. The van der Waals surface area contributed by atoms with Gasteiger partial charge in [-0.05, 0) is 26.3 Å². The van der Waals surface area contributed by atoms with Crippen LogP contribution in [0.25, 0.3) is 0 Å². The van der Waals surface area contributed by atoms with Crippen molar-refractivity contribution in [2.45, 2.75) is 32.3 Å². The molecule has 2 N–H and O–H groups in total. The van der Waals surface area contributed by atoms with Crippen LogP contribution in [0.4, 0.5) is 0 Å². The van der Waals surface area contributed by atoms with Gasteiger partial charge in [0.2, 0.25) is 5.91 Å². The maximum absolute atomic E-state index is 11.6. The van der Waals surface area contributed by atoms with Crippen molar-refractivity contribution >= 4 is 18.3 Å². The lowest BCUT2D eigenvalue weighted by Crippen LogP contribution is -2.35. The highest BCUT2D eigenvalue weighted by molar-refractivity contribution is 5.85. The Bertz CT molecular complexity index is 236. The normalized spacial score (nSPS) is 19.8. The molecule has 0 bridgehead atoms. The number of carbonyl (C=O) groups is 1. The minimum Gasteiger partial charge on any atom is -0.379 e. The summed E-state index contributed by atoms with van der Waals surface area (Å²) in [6.45, 7) is 5.54. The predicted octanol–water partition coefficient (Wildman–Crippen LogP) is 0.966. The Hall–Kier alpha value is -0.360. The SMILES string of the molecule is CNCC(C)C(=O)NCCCOCC1CCCO1.Cl. The number of rotatable bonds is 9. The van der Waals surface area contributed by atoms with E-state index >= 15 is 0 Å². The van der Waals surface area contributed by atoms with E-state index in [0.29, 0.717) is 26.3 Å². The molecule has 114 valence electrons.